The molecule has 27 heavy (non-hydrogen) atoms. The Balaban J connectivity index is 0.00000364. The summed E-state index contributed by atoms with van der Waals surface area (Å²) in [5, 5.41) is 3.49. The Morgan fingerprint density at radius 1 is 1.11 bits per heavy atom. The monoisotopic (exact) mass is 496 g/mol. The molecule has 6 nitrogen and oxygen atoms in total. The van der Waals surface area contributed by atoms with Crippen LogP contribution in [0.1, 0.15) is 46.0 Å². The number of piperidine rings is 1. The molecule has 2 rings (SSSR count). The maximum atomic E-state index is 5.98. The smallest absolute Gasteiger partial charge is 0.193 e. The standard InChI is InChI=1S/C20H40N4O2.HI/c1-4-10-23-11-7-18(17-23)16-22-20(21-5-2)24-12-8-19(9-13-24)26-15-6-14-25-3;/h18-19H,4-17H2,1-3H3,(H,21,22);1H. The average Bonchev–Trinajstić information content (AvgIpc) is 3.11. The van der Waals surface area contributed by atoms with Crippen molar-refractivity contribution in [1.29, 1.82) is 0 Å². The Morgan fingerprint density at radius 3 is 2.56 bits per heavy atom. The second kappa shape index (κ2) is 14.8. The minimum absolute atomic E-state index is 0. The third kappa shape index (κ3) is 9.28. The van der Waals surface area contributed by atoms with Crippen molar-refractivity contribution < 1.29 is 9.47 Å². The molecule has 2 aliphatic rings. The largest absolute Gasteiger partial charge is 0.385 e. The normalized spacial score (nSPS) is 22.1. The molecule has 0 saturated carbocycles. The lowest BCUT2D eigenvalue weighted by atomic mass is 10.1. The van der Waals surface area contributed by atoms with Crippen LogP contribution in [0.4, 0.5) is 0 Å². The summed E-state index contributed by atoms with van der Waals surface area (Å²) in [6.45, 7) is 13.7. The molecule has 0 amide bonds. The van der Waals surface area contributed by atoms with Crippen molar-refractivity contribution in [2.45, 2.75) is 52.1 Å². The van der Waals surface area contributed by atoms with E-state index in [0.29, 0.717) is 6.10 Å². The highest BCUT2D eigenvalue weighted by molar-refractivity contribution is 14.0. The number of methoxy groups -OCH3 is 1. The van der Waals surface area contributed by atoms with Crippen LogP contribution in [-0.2, 0) is 9.47 Å². The fourth-order valence-electron chi connectivity index (χ4n) is 3.91. The molecule has 160 valence electrons. The van der Waals surface area contributed by atoms with E-state index in [9.17, 15) is 0 Å². The summed E-state index contributed by atoms with van der Waals surface area (Å²) < 4.78 is 11.1. The van der Waals surface area contributed by atoms with Gasteiger partial charge < -0.3 is 24.6 Å². The fourth-order valence-corrected chi connectivity index (χ4v) is 3.91. The van der Waals surface area contributed by atoms with Gasteiger partial charge in [0.1, 0.15) is 0 Å². The molecule has 7 heteroatoms. The van der Waals surface area contributed by atoms with E-state index in [1.807, 2.05) is 0 Å². The van der Waals surface area contributed by atoms with Crippen molar-refractivity contribution in [2.24, 2.45) is 10.9 Å². The highest BCUT2D eigenvalue weighted by Gasteiger charge is 2.24. The Bertz CT molecular complexity index is 403. The lowest BCUT2D eigenvalue weighted by Crippen LogP contribution is -2.47. The van der Waals surface area contributed by atoms with Gasteiger partial charge in [-0.15, -0.1) is 24.0 Å². The number of guanidine groups is 1. The van der Waals surface area contributed by atoms with Gasteiger partial charge in [-0.3, -0.25) is 4.99 Å². The van der Waals surface area contributed by atoms with Crippen LogP contribution in [0.2, 0.25) is 0 Å². The summed E-state index contributed by atoms with van der Waals surface area (Å²) in [6, 6.07) is 0. The van der Waals surface area contributed by atoms with Crippen molar-refractivity contribution >= 4 is 29.9 Å². The van der Waals surface area contributed by atoms with Crippen molar-refractivity contribution in [3.8, 4) is 0 Å². The maximum absolute atomic E-state index is 5.98. The first-order chi connectivity index (χ1) is 12.8. The van der Waals surface area contributed by atoms with Gasteiger partial charge in [-0.1, -0.05) is 6.92 Å². The summed E-state index contributed by atoms with van der Waals surface area (Å²) in [5.74, 6) is 1.82. The van der Waals surface area contributed by atoms with E-state index in [2.05, 4.69) is 29.0 Å². The second-order valence-corrected chi connectivity index (χ2v) is 7.55. The highest BCUT2D eigenvalue weighted by atomic mass is 127. The Morgan fingerprint density at radius 2 is 1.89 bits per heavy atom. The molecule has 0 aromatic carbocycles. The Hall–Kier alpha value is -0.120. The molecule has 2 aliphatic heterocycles. The van der Waals surface area contributed by atoms with Gasteiger partial charge in [0, 0.05) is 53.0 Å². The summed E-state index contributed by atoms with van der Waals surface area (Å²) in [6.07, 6.45) is 6.10. The van der Waals surface area contributed by atoms with Gasteiger partial charge in [-0.2, -0.15) is 0 Å². The van der Waals surface area contributed by atoms with Crippen LogP contribution in [0, 0.1) is 5.92 Å². The third-order valence-corrected chi connectivity index (χ3v) is 5.33. The van der Waals surface area contributed by atoms with E-state index in [0.717, 1.165) is 70.5 Å². The van der Waals surface area contributed by atoms with Crippen molar-refractivity contribution in [1.82, 2.24) is 15.1 Å². The lowest BCUT2D eigenvalue weighted by molar-refractivity contribution is 0.00989. The molecule has 0 aromatic rings. The molecule has 0 radical (unpaired) electrons. The number of nitrogens with one attached hydrogen (secondary N) is 1. The van der Waals surface area contributed by atoms with Crippen LogP contribution in [0.25, 0.3) is 0 Å². The molecule has 2 fully saturated rings. The lowest BCUT2D eigenvalue weighted by Gasteiger charge is -2.34. The van der Waals surface area contributed by atoms with E-state index in [-0.39, 0.29) is 24.0 Å². The van der Waals surface area contributed by atoms with Gasteiger partial charge in [-0.05, 0) is 58.0 Å². The Labute approximate surface area is 183 Å². The van der Waals surface area contributed by atoms with Crippen molar-refractivity contribution in [3.05, 3.63) is 0 Å². The predicted molar refractivity (Wildman–Crippen MR) is 123 cm³/mol. The van der Waals surface area contributed by atoms with Gasteiger partial charge in [0.25, 0.3) is 0 Å². The highest BCUT2D eigenvalue weighted by Crippen LogP contribution is 2.18. The van der Waals surface area contributed by atoms with Gasteiger partial charge in [-0.25, -0.2) is 0 Å². The quantitative estimate of drug-likeness (QED) is 0.218. The zero-order valence-electron chi connectivity index (χ0n) is 17.6. The number of hydrogen-bond acceptors (Lipinski definition) is 4. The fraction of sp³-hybridized carbons (Fsp3) is 0.950. The molecule has 0 bridgehead atoms. The summed E-state index contributed by atoms with van der Waals surface area (Å²) in [7, 11) is 1.74. The summed E-state index contributed by atoms with van der Waals surface area (Å²) in [4.78, 5) is 9.97. The topological polar surface area (TPSA) is 49.3 Å². The van der Waals surface area contributed by atoms with Crippen LogP contribution in [0.5, 0.6) is 0 Å². The molecule has 1 unspecified atom stereocenters. The second-order valence-electron chi connectivity index (χ2n) is 7.55. The number of likely N-dealkylation sites (tertiary alicyclic amines) is 2. The first kappa shape index (κ1) is 24.9. The van der Waals surface area contributed by atoms with E-state index in [4.69, 9.17) is 14.5 Å². The zero-order valence-corrected chi connectivity index (χ0v) is 20.0. The molecule has 2 saturated heterocycles. The number of aliphatic imine (C=N–C) groups is 1. The van der Waals surface area contributed by atoms with E-state index < -0.39 is 0 Å². The van der Waals surface area contributed by atoms with Gasteiger partial charge in [0.2, 0.25) is 0 Å². The van der Waals surface area contributed by atoms with Crippen molar-refractivity contribution in [3.63, 3.8) is 0 Å². The molecule has 0 spiro atoms. The van der Waals surface area contributed by atoms with Crippen LogP contribution >= 0.6 is 24.0 Å². The molecule has 0 aliphatic carbocycles. The number of nitrogens with zero attached hydrogens (tertiary/aromatic N) is 3. The van der Waals surface area contributed by atoms with E-state index in [1.54, 1.807) is 7.11 Å². The first-order valence-electron chi connectivity index (χ1n) is 10.6. The van der Waals surface area contributed by atoms with Gasteiger partial charge in [0.05, 0.1) is 6.10 Å². The Kier molecular flexibility index (Phi) is 13.7. The van der Waals surface area contributed by atoms with Crippen LogP contribution in [0.15, 0.2) is 4.99 Å². The van der Waals surface area contributed by atoms with Crippen LogP contribution in [0.3, 0.4) is 0 Å². The molecular weight excluding hydrogens is 455 g/mol. The molecular formula is C20H41IN4O2. The number of rotatable bonds is 10. The zero-order chi connectivity index (χ0) is 18.6. The number of hydrogen-bond donors (Lipinski definition) is 1. The SMILES string of the molecule is CCCN1CCC(CN=C(NCC)N2CCC(OCCCOC)CC2)C1.I. The van der Waals surface area contributed by atoms with Crippen LogP contribution < -0.4 is 5.32 Å². The third-order valence-electron chi connectivity index (χ3n) is 5.33. The van der Waals surface area contributed by atoms with Crippen molar-refractivity contribution in [2.75, 3.05) is 66.1 Å². The minimum atomic E-state index is 0. The molecule has 1 N–H and O–H groups in total. The van der Waals surface area contributed by atoms with Crippen LogP contribution in [-0.4, -0.2) is 88.0 Å². The van der Waals surface area contributed by atoms with Gasteiger partial charge >= 0.3 is 0 Å². The van der Waals surface area contributed by atoms with E-state index in [1.165, 1.54) is 32.5 Å². The summed E-state index contributed by atoms with van der Waals surface area (Å²) >= 11 is 0. The molecule has 0 aromatic heterocycles. The average molecular weight is 496 g/mol. The number of ether oxygens (including phenoxy) is 2. The minimum Gasteiger partial charge on any atom is -0.385 e. The molecule has 2 heterocycles. The van der Waals surface area contributed by atoms with Gasteiger partial charge in [0.15, 0.2) is 5.96 Å². The van der Waals surface area contributed by atoms with E-state index >= 15 is 0 Å². The number of halogens is 1. The maximum Gasteiger partial charge on any atom is 0.193 e. The molecule has 1 atom stereocenters. The first-order valence-corrected chi connectivity index (χ1v) is 10.6. The predicted octanol–water partition coefficient (Wildman–Crippen LogP) is 2.82. The summed E-state index contributed by atoms with van der Waals surface area (Å²) in [5.41, 5.74) is 0.